The first-order valence-corrected chi connectivity index (χ1v) is 7.63. The van der Waals surface area contributed by atoms with Gasteiger partial charge < -0.3 is 10.2 Å². The van der Waals surface area contributed by atoms with Gasteiger partial charge in [0, 0.05) is 37.3 Å². The molecule has 0 aliphatic heterocycles. The van der Waals surface area contributed by atoms with Gasteiger partial charge >= 0.3 is 0 Å². The fourth-order valence-corrected chi connectivity index (χ4v) is 2.46. The Morgan fingerprint density at radius 3 is 2.62 bits per heavy atom. The van der Waals surface area contributed by atoms with Crippen molar-refractivity contribution in [3.05, 3.63) is 48.7 Å². The van der Waals surface area contributed by atoms with Gasteiger partial charge in [-0.05, 0) is 17.9 Å². The number of fused-ring (bicyclic) bond motifs is 1. The van der Waals surface area contributed by atoms with E-state index < -0.39 is 0 Å². The molecule has 3 heteroatoms. The number of hydrogen-bond acceptors (Lipinski definition) is 3. The molecule has 2 aromatic rings. The molecule has 0 aliphatic rings. The maximum absolute atomic E-state index is 4.71. The van der Waals surface area contributed by atoms with Crippen molar-refractivity contribution in [2.75, 3.05) is 18.0 Å². The SMILES string of the molecule is C=CCN(CC)c1ncc(CNC(C)C)c2ccccc12. The third-order valence-corrected chi connectivity index (χ3v) is 3.59. The predicted molar refractivity (Wildman–Crippen MR) is 91.8 cm³/mol. The lowest BCUT2D eigenvalue weighted by Crippen LogP contribution is -2.25. The largest absolute Gasteiger partial charge is 0.353 e. The lowest BCUT2D eigenvalue weighted by Gasteiger charge is -2.23. The van der Waals surface area contributed by atoms with Crippen molar-refractivity contribution < 1.29 is 0 Å². The molecule has 1 aromatic carbocycles. The summed E-state index contributed by atoms with van der Waals surface area (Å²) in [5.41, 5.74) is 1.25. The van der Waals surface area contributed by atoms with Crippen LogP contribution in [0, 0.1) is 0 Å². The normalized spacial score (nSPS) is 11.0. The molecule has 2 rings (SSSR count). The highest BCUT2D eigenvalue weighted by Gasteiger charge is 2.11. The Morgan fingerprint density at radius 2 is 2.00 bits per heavy atom. The smallest absolute Gasteiger partial charge is 0.136 e. The van der Waals surface area contributed by atoms with Crippen molar-refractivity contribution in [1.29, 1.82) is 0 Å². The highest BCUT2D eigenvalue weighted by molar-refractivity contribution is 5.94. The molecular formula is C18H25N3. The van der Waals surface area contributed by atoms with Gasteiger partial charge in [-0.2, -0.15) is 0 Å². The number of anilines is 1. The van der Waals surface area contributed by atoms with E-state index in [4.69, 9.17) is 4.98 Å². The minimum Gasteiger partial charge on any atom is -0.353 e. The molecule has 0 saturated heterocycles. The van der Waals surface area contributed by atoms with E-state index in [0.29, 0.717) is 6.04 Å². The second kappa shape index (κ2) is 7.23. The standard InChI is InChI=1S/C18H25N3/c1-5-11-21(6-2)18-17-10-8-7-9-16(17)15(13-20-18)12-19-14(3)4/h5,7-10,13-14,19H,1,6,11-12H2,2-4H3. The minimum atomic E-state index is 0.469. The van der Waals surface area contributed by atoms with Gasteiger partial charge in [0.2, 0.25) is 0 Å². The maximum atomic E-state index is 4.71. The Labute approximate surface area is 127 Å². The number of aromatic nitrogens is 1. The Bertz CT molecular complexity index is 604. The van der Waals surface area contributed by atoms with E-state index >= 15 is 0 Å². The molecule has 21 heavy (non-hydrogen) atoms. The van der Waals surface area contributed by atoms with Crippen LogP contribution in [0.15, 0.2) is 43.1 Å². The number of pyridine rings is 1. The highest BCUT2D eigenvalue weighted by atomic mass is 15.2. The van der Waals surface area contributed by atoms with Crippen molar-refractivity contribution in [3.8, 4) is 0 Å². The maximum Gasteiger partial charge on any atom is 0.136 e. The number of nitrogens with zero attached hydrogens (tertiary/aromatic N) is 2. The molecule has 1 aromatic heterocycles. The Balaban J connectivity index is 2.45. The molecule has 0 atom stereocenters. The van der Waals surface area contributed by atoms with Crippen LogP contribution in [0.1, 0.15) is 26.3 Å². The Morgan fingerprint density at radius 1 is 1.29 bits per heavy atom. The molecule has 0 saturated carbocycles. The van der Waals surface area contributed by atoms with E-state index in [9.17, 15) is 0 Å². The number of likely N-dealkylation sites (N-methyl/N-ethyl adjacent to an activating group) is 1. The quantitative estimate of drug-likeness (QED) is 0.785. The molecule has 0 unspecified atom stereocenters. The number of nitrogens with one attached hydrogen (secondary N) is 1. The summed E-state index contributed by atoms with van der Waals surface area (Å²) in [5.74, 6) is 1.04. The summed E-state index contributed by atoms with van der Waals surface area (Å²) < 4.78 is 0. The summed E-state index contributed by atoms with van der Waals surface area (Å²) >= 11 is 0. The summed E-state index contributed by atoms with van der Waals surface area (Å²) in [6.45, 7) is 12.9. The molecule has 0 spiro atoms. The summed E-state index contributed by atoms with van der Waals surface area (Å²) in [4.78, 5) is 6.96. The van der Waals surface area contributed by atoms with Crippen molar-refractivity contribution in [2.24, 2.45) is 0 Å². The van der Waals surface area contributed by atoms with Gasteiger partial charge in [-0.1, -0.05) is 44.2 Å². The molecule has 1 N–H and O–H groups in total. The zero-order valence-corrected chi connectivity index (χ0v) is 13.3. The van der Waals surface area contributed by atoms with Crippen LogP contribution >= 0.6 is 0 Å². The molecule has 1 heterocycles. The topological polar surface area (TPSA) is 28.2 Å². The third kappa shape index (κ3) is 3.61. The fraction of sp³-hybridized carbons (Fsp3) is 0.389. The van der Waals surface area contributed by atoms with Crippen LogP contribution in [0.3, 0.4) is 0 Å². The number of hydrogen-bond donors (Lipinski definition) is 1. The molecule has 0 aliphatic carbocycles. The van der Waals surface area contributed by atoms with E-state index in [1.165, 1.54) is 16.3 Å². The van der Waals surface area contributed by atoms with Crippen LogP contribution < -0.4 is 10.2 Å². The number of rotatable bonds is 7. The van der Waals surface area contributed by atoms with Gasteiger partial charge in [0.1, 0.15) is 5.82 Å². The third-order valence-electron chi connectivity index (χ3n) is 3.59. The van der Waals surface area contributed by atoms with Crippen molar-refractivity contribution in [1.82, 2.24) is 10.3 Å². The fourth-order valence-electron chi connectivity index (χ4n) is 2.46. The lowest BCUT2D eigenvalue weighted by molar-refractivity contribution is 0.590. The van der Waals surface area contributed by atoms with E-state index in [2.05, 4.69) is 61.8 Å². The first kappa shape index (κ1) is 15.5. The Hall–Kier alpha value is -1.87. The number of benzene rings is 1. The van der Waals surface area contributed by atoms with Gasteiger partial charge in [0.05, 0.1) is 0 Å². The zero-order chi connectivity index (χ0) is 15.2. The first-order chi connectivity index (χ1) is 10.2. The van der Waals surface area contributed by atoms with Crippen LogP contribution in [-0.4, -0.2) is 24.1 Å². The van der Waals surface area contributed by atoms with Crippen molar-refractivity contribution in [3.63, 3.8) is 0 Å². The lowest BCUT2D eigenvalue weighted by atomic mass is 10.1. The van der Waals surface area contributed by atoms with E-state index in [-0.39, 0.29) is 0 Å². The van der Waals surface area contributed by atoms with Crippen LogP contribution in [0.5, 0.6) is 0 Å². The predicted octanol–water partition coefficient (Wildman–Crippen LogP) is 3.75. The summed E-state index contributed by atoms with van der Waals surface area (Å²) in [7, 11) is 0. The average molecular weight is 283 g/mol. The van der Waals surface area contributed by atoms with Crippen LogP contribution in [0.2, 0.25) is 0 Å². The van der Waals surface area contributed by atoms with Gasteiger partial charge in [0.15, 0.2) is 0 Å². The van der Waals surface area contributed by atoms with E-state index in [1.54, 1.807) is 0 Å². The molecule has 0 fully saturated rings. The van der Waals surface area contributed by atoms with Crippen LogP contribution in [-0.2, 0) is 6.54 Å². The van der Waals surface area contributed by atoms with Crippen LogP contribution in [0.25, 0.3) is 10.8 Å². The van der Waals surface area contributed by atoms with Gasteiger partial charge in [-0.25, -0.2) is 4.98 Å². The molecule has 112 valence electrons. The molecular weight excluding hydrogens is 258 g/mol. The van der Waals surface area contributed by atoms with Crippen LogP contribution in [0.4, 0.5) is 5.82 Å². The highest BCUT2D eigenvalue weighted by Crippen LogP contribution is 2.27. The summed E-state index contributed by atoms with van der Waals surface area (Å²) in [5, 5.41) is 5.96. The summed E-state index contributed by atoms with van der Waals surface area (Å²) in [6.07, 6.45) is 3.92. The molecule has 3 nitrogen and oxygen atoms in total. The average Bonchev–Trinajstić information content (AvgIpc) is 2.50. The van der Waals surface area contributed by atoms with Gasteiger partial charge in [0.25, 0.3) is 0 Å². The first-order valence-electron chi connectivity index (χ1n) is 7.63. The second-order valence-electron chi connectivity index (χ2n) is 5.52. The van der Waals surface area contributed by atoms with Crippen molar-refractivity contribution in [2.45, 2.75) is 33.4 Å². The molecule has 0 bridgehead atoms. The van der Waals surface area contributed by atoms with Gasteiger partial charge in [-0.3, -0.25) is 0 Å². The molecule has 0 radical (unpaired) electrons. The summed E-state index contributed by atoms with van der Waals surface area (Å²) in [6, 6.07) is 8.97. The second-order valence-corrected chi connectivity index (χ2v) is 5.52. The van der Waals surface area contributed by atoms with Gasteiger partial charge in [-0.15, -0.1) is 6.58 Å². The van der Waals surface area contributed by atoms with E-state index in [0.717, 1.165) is 25.5 Å². The zero-order valence-electron chi connectivity index (χ0n) is 13.3. The Kier molecular flexibility index (Phi) is 5.34. The monoisotopic (exact) mass is 283 g/mol. The minimum absolute atomic E-state index is 0.469. The van der Waals surface area contributed by atoms with E-state index in [1.807, 2.05) is 12.3 Å². The van der Waals surface area contributed by atoms with Crippen molar-refractivity contribution >= 4 is 16.6 Å². The molecule has 0 amide bonds.